The van der Waals surface area contributed by atoms with Crippen LogP contribution < -0.4 is 10.6 Å². The molecule has 1 aromatic carbocycles. The molecular formula is C15H18N4O2. The summed E-state index contributed by atoms with van der Waals surface area (Å²) >= 11 is 0. The van der Waals surface area contributed by atoms with Crippen LogP contribution in [0.1, 0.15) is 22.5 Å². The zero-order valence-corrected chi connectivity index (χ0v) is 11.6. The molecule has 0 saturated heterocycles. The van der Waals surface area contributed by atoms with E-state index in [1.54, 1.807) is 6.33 Å². The summed E-state index contributed by atoms with van der Waals surface area (Å²) < 4.78 is 0. The lowest BCUT2D eigenvalue weighted by Crippen LogP contribution is -2.47. The van der Waals surface area contributed by atoms with E-state index >= 15 is 0 Å². The predicted molar refractivity (Wildman–Crippen MR) is 77.1 cm³/mol. The molecular weight excluding hydrogens is 268 g/mol. The molecule has 1 atom stereocenters. The molecule has 1 aliphatic heterocycles. The van der Waals surface area contributed by atoms with Gasteiger partial charge in [0, 0.05) is 19.5 Å². The SMILES string of the molecule is O=C(NCc1ccc(CO)cc1)C1Cc2nc[nH]c2CN1. The monoisotopic (exact) mass is 286 g/mol. The summed E-state index contributed by atoms with van der Waals surface area (Å²) in [4.78, 5) is 19.5. The molecule has 0 aliphatic carbocycles. The number of hydrogen-bond donors (Lipinski definition) is 4. The van der Waals surface area contributed by atoms with E-state index in [-0.39, 0.29) is 18.6 Å². The van der Waals surface area contributed by atoms with Crippen molar-refractivity contribution in [2.45, 2.75) is 32.2 Å². The molecule has 0 spiro atoms. The lowest BCUT2D eigenvalue weighted by Gasteiger charge is -2.22. The van der Waals surface area contributed by atoms with Crippen molar-refractivity contribution in [1.82, 2.24) is 20.6 Å². The van der Waals surface area contributed by atoms with Gasteiger partial charge in [-0.25, -0.2) is 4.98 Å². The number of fused-ring (bicyclic) bond motifs is 1. The van der Waals surface area contributed by atoms with Crippen molar-refractivity contribution in [2.75, 3.05) is 0 Å². The van der Waals surface area contributed by atoms with E-state index in [4.69, 9.17) is 5.11 Å². The minimum Gasteiger partial charge on any atom is -0.392 e. The van der Waals surface area contributed by atoms with Crippen LogP contribution in [0, 0.1) is 0 Å². The maximum atomic E-state index is 12.2. The van der Waals surface area contributed by atoms with E-state index in [2.05, 4.69) is 20.6 Å². The van der Waals surface area contributed by atoms with Crippen molar-refractivity contribution in [3.63, 3.8) is 0 Å². The minimum absolute atomic E-state index is 0.0186. The largest absolute Gasteiger partial charge is 0.392 e. The van der Waals surface area contributed by atoms with Crippen molar-refractivity contribution in [3.05, 3.63) is 53.1 Å². The number of aliphatic hydroxyl groups excluding tert-OH is 1. The van der Waals surface area contributed by atoms with Gasteiger partial charge in [0.25, 0.3) is 0 Å². The van der Waals surface area contributed by atoms with Gasteiger partial charge >= 0.3 is 0 Å². The predicted octanol–water partition coefficient (Wildman–Crippen LogP) is 0.233. The number of aliphatic hydroxyl groups is 1. The fraction of sp³-hybridized carbons (Fsp3) is 0.333. The number of nitrogens with zero attached hydrogens (tertiary/aromatic N) is 1. The Kier molecular flexibility index (Phi) is 3.98. The van der Waals surface area contributed by atoms with Crippen LogP contribution in [0.5, 0.6) is 0 Å². The first-order valence-electron chi connectivity index (χ1n) is 6.97. The highest BCUT2D eigenvalue weighted by molar-refractivity contribution is 5.82. The molecule has 1 amide bonds. The Morgan fingerprint density at radius 3 is 2.86 bits per heavy atom. The fourth-order valence-electron chi connectivity index (χ4n) is 2.43. The maximum Gasteiger partial charge on any atom is 0.237 e. The Bertz CT molecular complexity index is 621. The molecule has 0 radical (unpaired) electrons. The first-order chi connectivity index (χ1) is 10.3. The lowest BCUT2D eigenvalue weighted by atomic mass is 10.0. The van der Waals surface area contributed by atoms with Gasteiger partial charge in [-0.05, 0) is 11.1 Å². The third-order valence-electron chi connectivity index (χ3n) is 3.72. The zero-order chi connectivity index (χ0) is 14.7. The van der Waals surface area contributed by atoms with E-state index in [0.29, 0.717) is 19.5 Å². The van der Waals surface area contributed by atoms with E-state index in [9.17, 15) is 4.79 Å². The van der Waals surface area contributed by atoms with E-state index in [1.165, 1.54) is 0 Å². The van der Waals surface area contributed by atoms with Gasteiger partial charge in [-0.1, -0.05) is 24.3 Å². The highest BCUT2D eigenvalue weighted by Gasteiger charge is 2.25. The molecule has 2 aromatic rings. The van der Waals surface area contributed by atoms with Crippen molar-refractivity contribution < 1.29 is 9.90 Å². The molecule has 2 heterocycles. The molecule has 110 valence electrons. The lowest BCUT2D eigenvalue weighted by molar-refractivity contribution is -0.123. The Morgan fingerprint density at radius 1 is 1.33 bits per heavy atom. The average molecular weight is 286 g/mol. The van der Waals surface area contributed by atoms with Crippen molar-refractivity contribution >= 4 is 5.91 Å². The number of amides is 1. The van der Waals surface area contributed by atoms with E-state index < -0.39 is 0 Å². The summed E-state index contributed by atoms with van der Waals surface area (Å²) in [7, 11) is 0. The summed E-state index contributed by atoms with van der Waals surface area (Å²) in [5.41, 5.74) is 3.89. The Labute approximate surface area is 122 Å². The second-order valence-electron chi connectivity index (χ2n) is 5.16. The first kappa shape index (κ1) is 13.8. The molecule has 4 N–H and O–H groups in total. The zero-order valence-electron chi connectivity index (χ0n) is 11.6. The number of carbonyl (C=O) groups is 1. The van der Waals surface area contributed by atoms with Crippen LogP contribution >= 0.6 is 0 Å². The molecule has 6 nitrogen and oxygen atoms in total. The van der Waals surface area contributed by atoms with Crippen molar-refractivity contribution in [3.8, 4) is 0 Å². The second kappa shape index (κ2) is 6.07. The summed E-state index contributed by atoms with van der Waals surface area (Å²) in [5.74, 6) is -0.0186. The molecule has 6 heteroatoms. The molecule has 0 saturated carbocycles. The number of H-pyrrole nitrogens is 1. The van der Waals surface area contributed by atoms with Gasteiger partial charge in [0.15, 0.2) is 0 Å². The molecule has 1 aromatic heterocycles. The summed E-state index contributed by atoms with van der Waals surface area (Å²) in [6.45, 7) is 1.15. The summed E-state index contributed by atoms with van der Waals surface area (Å²) in [6, 6.07) is 7.29. The molecule has 1 aliphatic rings. The van der Waals surface area contributed by atoms with Gasteiger partial charge in [0.1, 0.15) is 0 Å². The summed E-state index contributed by atoms with van der Waals surface area (Å²) in [5, 5.41) is 15.1. The number of aromatic nitrogens is 2. The third-order valence-corrected chi connectivity index (χ3v) is 3.72. The molecule has 1 unspecified atom stereocenters. The molecule has 3 rings (SSSR count). The number of hydrogen-bond acceptors (Lipinski definition) is 4. The van der Waals surface area contributed by atoms with Crippen LogP contribution in [0.25, 0.3) is 0 Å². The van der Waals surface area contributed by atoms with Crippen LogP contribution in [0.2, 0.25) is 0 Å². The third kappa shape index (κ3) is 3.12. The number of carbonyl (C=O) groups excluding carboxylic acids is 1. The van der Waals surface area contributed by atoms with Gasteiger partial charge in [-0.15, -0.1) is 0 Å². The van der Waals surface area contributed by atoms with Crippen LogP contribution in [-0.2, 0) is 30.9 Å². The standard InChI is InChI=1S/C15H18N4O2/c20-8-11-3-1-10(2-4-11)6-17-15(21)13-5-12-14(7-16-13)19-9-18-12/h1-4,9,13,16,20H,5-8H2,(H,17,21)(H,18,19). The van der Waals surface area contributed by atoms with Crippen LogP contribution in [-0.4, -0.2) is 27.0 Å². The van der Waals surface area contributed by atoms with Crippen LogP contribution in [0.4, 0.5) is 0 Å². The Morgan fingerprint density at radius 2 is 2.10 bits per heavy atom. The minimum atomic E-state index is -0.238. The average Bonchev–Trinajstić information content (AvgIpc) is 3.00. The van der Waals surface area contributed by atoms with Gasteiger partial charge in [0.05, 0.1) is 30.4 Å². The maximum absolute atomic E-state index is 12.2. The van der Waals surface area contributed by atoms with Gasteiger partial charge in [-0.3, -0.25) is 10.1 Å². The van der Waals surface area contributed by atoms with Gasteiger partial charge < -0.3 is 15.4 Å². The first-order valence-corrected chi connectivity index (χ1v) is 6.97. The van der Waals surface area contributed by atoms with Crippen LogP contribution in [0.15, 0.2) is 30.6 Å². The highest BCUT2D eigenvalue weighted by atomic mass is 16.3. The molecule has 0 bridgehead atoms. The number of nitrogens with one attached hydrogen (secondary N) is 3. The van der Waals surface area contributed by atoms with Crippen molar-refractivity contribution in [2.24, 2.45) is 0 Å². The smallest absolute Gasteiger partial charge is 0.237 e. The number of aromatic amines is 1. The number of benzene rings is 1. The Hall–Kier alpha value is -2.18. The van der Waals surface area contributed by atoms with E-state index in [0.717, 1.165) is 22.5 Å². The highest BCUT2D eigenvalue weighted by Crippen LogP contribution is 2.12. The topological polar surface area (TPSA) is 90.0 Å². The normalized spacial score (nSPS) is 17.3. The summed E-state index contributed by atoms with van der Waals surface area (Å²) in [6.07, 6.45) is 2.27. The van der Waals surface area contributed by atoms with Crippen molar-refractivity contribution in [1.29, 1.82) is 0 Å². The molecule has 21 heavy (non-hydrogen) atoms. The van der Waals surface area contributed by atoms with Gasteiger partial charge in [0.2, 0.25) is 5.91 Å². The van der Waals surface area contributed by atoms with Crippen LogP contribution in [0.3, 0.4) is 0 Å². The number of imidazole rings is 1. The number of rotatable bonds is 4. The fourth-order valence-corrected chi connectivity index (χ4v) is 2.43. The van der Waals surface area contributed by atoms with E-state index in [1.807, 2.05) is 24.3 Å². The second-order valence-corrected chi connectivity index (χ2v) is 5.16. The quantitative estimate of drug-likeness (QED) is 0.648. The van der Waals surface area contributed by atoms with Gasteiger partial charge in [-0.2, -0.15) is 0 Å². The molecule has 0 fully saturated rings. The Balaban J connectivity index is 1.54.